The van der Waals surface area contributed by atoms with Crippen LogP contribution in [0.1, 0.15) is 19.3 Å². The van der Waals surface area contributed by atoms with Gasteiger partial charge in [0.15, 0.2) is 0 Å². The molecule has 0 unspecified atom stereocenters. The summed E-state index contributed by atoms with van der Waals surface area (Å²) in [6, 6.07) is 0. The maximum Gasteiger partial charge on any atom is 0.323 e. The number of carbonyl (C=O) groups is 2. The Hall–Kier alpha value is -1.18. The first-order valence-electron chi connectivity index (χ1n) is 5.90. The summed E-state index contributed by atoms with van der Waals surface area (Å²) >= 11 is 0. The predicted octanol–water partition coefficient (Wildman–Crippen LogP) is -0.929. The highest BCUT2D eigenvalue weighted by atomic mass is 16.5. The van der Waals surface area contributed by atoms with Crippen LogP contribution in [0.15, 0.2) is 0 Å². The number of ether oxygens (including phenoxy) is 1. The molecule has 0 spiro atoms. The number of aliphatic carboxylic acids is 1. The Morgan fingerprint density at radius 3 is 2.28 bits per heavy atom. The van der Waals surface area contributed by atoms with Crippen LogP contribution in [0.25, 0.3) is 0 Å². The second-order valence-electron chi connectivity index (χ2n) is 3.73. The van der Waals surface area contributed by atoms with Gasteiger partial charge in [-0.05, 0) is 12.8 Å². The molecule has 0 atom stereocenters. The zero-order chi connectivity index (χ0) is 13.8. The van der Waals surface area contributed by atoms with Crippen molar-refractivity contribution in [2.75, 3.05) is 39.5 Å². The Balaban J connectivity index is 3.98. The summed E-state index contributed by atoms with van der Waals surface area (Å²) in [7, 11) is 0. The van der Waals surface area contributed by atoms with Crippen LogP contribution < -0.4 is 0 Å². The molecule has 0 aromatic rings. The van der Waals surface area contributed by atoms with Crippen molar-refractivity contribution in [1.82, 2.24) is 4.90 Å². The fraction of sp³-hybridized carbons (Fsp3) is 0.818. The van der Waals surface area contributed by atoms with E-state index < -0.39 is 5.97 Å². The van der Waals surface area contributed by atoms with Crippen molar-refractivity contribution < 1.29 is 29.6 Å². The van der Waals surface area contributed by atoms with E-state index in [-0.39, 0.29) is 45.2 Å². The minimum atomic E-state index is -1.08. The predicted molar refractivity (Wildman–Crippen MR) is 63.1 cm³/mol. The minimum absolute atomic E-state index is 0.0360. The lowest BCUT2D eigenvalue weighted by Crippen LogP contribution is -2.38. The third-order valence-corrected chi connectivity index (χ3v) is 2.18. The van der Waals surface area contributed by atoms with Gasteiger partial charge in [-0.1, -0.05) is 0 Å². The second kappa shape index (κ2) is 10.9. The van der Waals surface area contributed by atoms with Gasteiger partial charge in [0.2, 0.25) is 5.91 Å². The van der Waals surface area contributed by atoms with E-state index in [2.05, 4.69) is 0 Å². The van der Waals surface area contributed by atoms with Crippen LogP contribution >= 0.6 is 0 Å². The summed E-state index contributed by atoms with van der Waals surface area (Å²) < 4.78 is 5.14. The molecule has 0 radical (unpaired) electrons. The number of hydrogen-bond donors (Lipinski definition) is 3. The topological polar surface area (TPSA) is 107 Å². The normalized spacial score (nSPS) is 10.3. The fourth-order valence-corrected chi connectivity index (χ4v) is 1.29. The van der Waals surface area contributed by atoms with Crippen molar-refractivity contribution in [2.45, 2.75) is 19.3 Å². The van der Waals surface area contributed by atoms with Crippen LogP contribution in [0.3, 0.4) is 0 Å². The van der Waals surface area contributed by atoms with E-state index in [1.807, 2.05) is 0 Å². The SMILES string of the molecule is O=C(O)CN(CCOCCCO)C(=O)CCCO. The summed E-state index contributed by atoms with van der Waals surface area (Å²) in [6.07, 6.45) is 0.956. The number of aliphatic hydroxyl groups excluding tert-OH is 2. The molecule has 0 saturated carbocycles. The molecule has 0 aliphatic heterocycles. The summed E-state index contributed by atoms with van der Waals surface area (Å²) in [5, 5.41) is 25.8. The highest BCUT2D eigenvalue weighted by Gasteiger charge is 2.15. The van der Waals surface area contributed by atoms with E-state index in [1.54, 1.807) is 0 Å². The molecule has 1 amide bonds. The van der Waals surface area contributed by atoms with Crippen molar-refractivity contribution in [2.24, 2.45) is 0 Å². The van der Waals surface area contributed by atoms with Crippen molar-refractivity contribution in [3.63, 3.8) is 0 Å². The van der Waals surface area contributed by atoms with Gasteiger partial charge < -0.3 is 25.0 Å². The van der Waals surface area contributed by atoms with E-state index in [1.165, 1.54) is 4.90 Å². The molecule has 7 nitrogen and oxygen atoms in total. The molecule has 106 valence electrons. The molecule has 0 saturated heterocycles. The molecule has 18 heavy (non-hydrogen) atoms. The monoisotopic (exact) mass is 263 g/mol. The average Bonchev–Trinajstić information content (AvgIpc) is 2.33. The maximum absolute atomic E-state index is 11.6. The van der Waals surface area contributed by atoms with E-state index >= 15 is 0 Å². The number of carbonyl (C=O) groups excluding carboxylic acids is 1. The lowest BCUT2D eigenvalue weighted by molar-refractivity contribution is -0.145. The first-order chi connectivity index (χ1) is 8.61. The molecule has 0 aromatic carbocycles. The van der Waals surface area contributed by atoms with Crippen molar-refractivity contribution in [1.29, 1.82) is 0 Å². The average molecular weight is 263 g/mol. The number of rotatable bonds is 11. The Morgan fingerprint density at radius 1 is 1.06 bits per heavy atom. The van der Waals surface area contributed by atoms with E-state index in [0.29, 0.717) is 19.4 Å². The number of hydrogen-bond acceptors (Lipinski definition) is 5. The van der Waals surface area contributed by atoms with Gasteiger partial charge in [-0.2, -0.15) is 0 Å². The number of aliphatic hydroxyl groups is 2. The molecule has 0 aliphatic carbocycles. The molecule has 0 heterocycles. The zero-order valence-electron chi connectivity index (χ0n) is 10.4. The second-order valence-corrected chi connectivity index (χ2v) is 3.73. The third-order valence-electron chi connectivity index (χ3n) is 2.18. The van der Waals surface area contributed by atoms with Crippen LogP contribution in [0.4, 0.5) is 0 Å². The van der Waals surface area contributed by atoms with Gasteiger partial charge in [0, 0.05) is 32.8 Å². The van der Waals surface area contributed by atoms with E-state index in [4.69, 9.17) is 20.1 Å². The molecular formula is C11H21NO6. The molecule has 7 heteroatoms. The highest BCUT2D eigenvalue weighted by molar-refractivity contribution is 5.81. The summed E-state index contributed by atoms with van der Waals surface area (Å²) in [5.41, 5.74) is 0. The van der Waals surface area contributed by atoms with Crippen molar-refractivity contribution in [3.05, 3.63) is 0 Å². The first-order valence-corrected chi connectivity index (χ1v) is 5.90. The van der Waals surface area contributed by atoms with Crippen LogP contribution in [0.5, 0.6) is 0 Å². The maximum atomic E-state index is 11.6. The highest BCUT2D eigenvalue weighted by Crippen LogP contribution is 1.98. The fourth-order valence-electron chi connectivity index (χ4n) is 1.29. The summed E-state index contributed by atoms with van der Waals surface area (Å²) in [6.45, 7) is 0.379. The van der Waals surface area contributed by atoms with Crippen LogP contribution in [0.2, 0.25) is 0 Å². The quantitative estimate of drug-likeness (QED) is 0.416. The van der Waals surface area contributed by atoms with Gasteiger partial charge in [0.25, 0.3) is 0 Å². The number of carboxylic acids is 1. The molecular weight excluding hydrogens is 242 g/mol. The minimum Gasteiger partial charge on any atom is -0.480 e. The van der Waals surface area contributed by atoms with Crippen molar-refractivity contribution in [3.8, 4) is 0 Å². The Labute approximate surface area is 106 Å². The lowest BCUT2D eigenvalue weighted by atomic mass is 10.3. The Kier molecular flexibility index (Phi) is 10.2. The van der Waals surface area contributed by atoms with Crippen LogP contribution in [-0.2, 0) is 14.3 Å². The smallest absolute Gasteiger partial charge is 0.323 e. The van der Waals surface area contributed by atoms with E-state index in [0.717, 1.165) is 0 Å². The van der Waals surface area contributed by atoms with Crippen molar-refractivity contribution >= 4 is 11.9 Å². The van der Waals surface area contributed by atoms with Crippen LogP contribution in [0, 0.1) is 0 Å². The van der Waals surface area contributed by atoms with Gasteiger partial charge in [-0.3, -0.25) is 9.59 Å². The first kappa shape index (κ1) is 16.8. The molecule has 3 N–H and O–H groups in total. The van der Waals surface area contributed by atoms with Gasteiger partial charge in [0.1, 0.15) is 6.54 Å². The number of carboxylic acid groups (broad SMARTS) is 1. The van der Waals surface area contributed by atoms with Gasteiger partial charge in [-0.25, -0.2) is 0 Å². The molecule has 0 bridgehead atoms. The largest absolute Gasteiger partial charge is 0.480 e. The molecule has 0 aliphatic rings. The zero-order valence-corrected chi connectivity index (χ0v) is 10.4. The van der Waals surface area contributed by atoms with Gasteiger partial charge >= 0.3 is 5.97 Å². The van der Waals surface area contributed by atoms with Crippen LogP contribution in [-0.4, -0.2) is 71.6 Å². The number of nitrogens with zero attached hydrogens (tertiary/aromatic N) is 1. The lowest BCUT2D eigenvalue weighted by Gasteiger charge is -2.20. The summed E-state index contributed by atoms with van der Waals surface area (Å²) in [4.78, 5) is 23.4. The standard InChI is InChI=1S/C11H21NO6/c13-5-1-3-10(15)12(9-11(16)17)4-8-18-7-2-6-14/h13-14H,1-9H2,(H,16,17). The number of amides is 1. The Bertz CT molecular complexity index is 246. The van der Waals surface area contributed by atoms with E-state index in [9.17, 15) is 9.59 Å². The van der Waals surface area contributed by atoms with Gasteiger partial charge in [0.05, 0.1) is 6.61 Å². The summed E-state index contributed by atoms with van der Waals surface area (Å²) in [5.74, 6) is -1.39. The van der Waals surface area contributed by atoms with Gasteiger partial charge in [-0.15, -0.1) is 0 Å². The molecule has 0 aromatic heterocycles. The molecule has 0 rings (SSSR count). The Morgan fingerprint density at radius 2 is 1.72 bits per heavy atom. The third kappa shape index (κ3) is 8.91. The molecule has 0 fully saturated rings.